The number of carboxylic acids is 1. The van der Waals surface area contributed by atoms with Crippen LogP contribution in [0.4, 0.5) is 0 Å². The number of carbonyl (C=O) groups is 1. The third kappa shape index (κ3) is 2.96. The van der Waals surface area contributed by atoms with Gasteiger partial charge < -0.3 is 10.8 Å². The highest BCUT2D eigenvalue weighted by Gasteiger charge is 2.06. The Labute approximate surface area is 139 Å². The first-order valence-corrected chi connectivity index (χ1v) is 7.97. The van der Waals surface area contributed by atoms with Gasteiger partial charge in [-0.1, -0.05) is 60.7 Å². The summed E-state index contributed by atoms with van der Waals surface area (Å²) in [5.74, 6) is -0.815. The average molecular weight is 323 g/mol. The third-order valence-electron chi connectivity index (χ3n) is 3.91. The van der Waals surface area contributed by atoms with Crippen LogP contribution in [0.2, 0.25) is 0 Å². The highest BCUT2D eigenvalue weighted by atomic mass is 32.1. The molecule has 0 aromatic heterocycles. The van der Waals surface area contributed by atoms with Crippen LogP contribution in [0.1, 0.15) is 0 Å². The molecule has 3 nitrogen and oxygen atoms in total. The second-order valence-corrected chi connectivity index (χ2v) is 5.78. The first kappa shape index (κ1) is 15.6. The van der Waals surface area contributed by atoms with Gasteiger partial charge in [0.1, 0.15) is 6.04 Å². The van der Waals surface area contributed by atoms with Crippen molar-refractivity contribution in [2.75, 3.05) is 5.75 Å². The van der Waals surface area contributed by atoms with Crippen LogP contribution in [0, 0.1) is 0 Å². The molecule has 4 aromatic rings. The van der Waals surface area contributed by atoms with Crippen molar-refractivity contribution in [3.8, 4) is 0 Å². The van der Waals surface area contributed by atoms with E-state index in [1.165, 1.54) is 32.3 Å². The molecule has 0 aliphatic rings. The van der Waals surface area contributed by atoms with Crippen LogP contribution >= 0.6 is 12.6 Å². The molecule has 0 radical (unpaired) electrons. The summed E-state index contributed by atoms with van der Waals surface area (Å²) in [4.78, 5) is 9.76. The molecule has 0 aliphatic carbocycles. The van der Waals surface area contributed by atoms with Crippen LogP contribution in [0.3, 0.4) is 0 Å². The third-order valence-corrected chi connectivity index (χ3v) is 4.30. The van der Waals surface area contributed by atoms with Crippen LogP contribution in [-0.2, 0) is 4.79 Å². The monoisotopic (exact) mass is 323 g/mol. The molecule has 23 heavy (non-hydrogen) atoms. The molecular formula is C19H17NO2S. The summed E-state index contributed by atoms with van der Waals surface area (Å²) in [7, 11) is 0. The van der Waals surface area contributed by atoms with Gasteiger partial charge in [-0.15, -0.1) is 0 Å². The molecule has 3 N–H and O–H groups in total. The maximum atomic E-state index is 9.76. The van der Waals surface area contributed by atoms with E-state index in [-0.39, 0.29) is 5.75 Å². The lowest BCUT2D eigenvalue weighted by molar-refractivity contribution is -0.137. The van der Waals surface area contributed by atoms with Gasteiger partial charge in [0.05, 0.1) is 0 Å². The van der Waals surface area contributed by atoms with E-state index < -0.39 is 12.0 Å². The van der Waals surface area contributed by atoms with Gasteiger partial charge in [0, 0.05) is 5.75 Å². The first-order valence-electron chi connectivity index (χ1n) is 7.33. The Kier molecular flexibility index (Phi) is 4.37. The van der Waals surface area contributed by atoms with E-state index in [1.807, 2.05) is 0 Å². The van der Waals surface area contributed by atoms with E-state index in [4.69, 9.17) is 10.8 Å². The van der Waals surface area contributed by atoms with Gasteiger partial charge in [0.25, 0.3) is 0 Å². The molecule has 0 spiro atoms. The Hall–Kier alpha value is -2.30. The van der Waals surface area contributed by atoms with Gasteiger partial charge in [0.15, 0.2) is 0 Å². The molecule has 0 fully saturated rings. The molecular weight excluding hydrogens is 306 g/mol. The summed E-state index contributed by atoms with van der Waals surface area (Å²) < 4.78 is 0. The summed E-state index contributed by atoms with van der Waals surface area (Å²) in [6.07, 6.45) is 0. The van der Waals surface area contributed by atoms with Crippen molar-refractivity contribution < 1.29 is 9.90 Å². The zero-order valence-electron chi connectivity index (χ0n) is 12.4. The molecule has 0 saturated carbocycles. The zero-order chi connectivity index (χ0) is 16.4. The van der Waals surface area contributed by atoms with E-state index in [2.05, 4.69) is 73.3 Å². The minimum Gasteiger partial charge on any atom is -0.480 e. The largest absolute Gasteiger partial charge is 0.480 e. The van der Waals surface area contributed by atoms with Crippen LogP contribution in [0.15, 0.2) is 60.7 Å². The molecule has 0 bridgehead atoms. The fraction of sp³-hybridized carbons (Fsp3) is 0.105. The average Bonchev–Trinajstić information content (AvgIpc) is 2.59. The van der Waals surface area contributed by atoms with E-state index in [0.29, 0.717) is 0 Å². The Morgan fingerprint density at radius 2 is 1.22 bits per heavy atom. The van der Waals surface area contributed by atoms with E-state index >= 15 is 0 Å². The number of thiol groups is 1. The topological polar surface area (TPSA) is 63.3 Å². The van der Waals surface area contributed by atoms with Crippen molar-refractivity contribution in [3.63, 3.8) is 0 Å². The summed E-state index contributed by atoms with van der Waals surface area (Å²) in [5.41, 5.74) is 4.94. The number of rotatable bonds is 2. The summed E-state index contributed by atoms with van der Waals surface area (Å²) in [5, 5.41) is 16.2. The predicted molar refractivity (Wildman–Crippen MR) is 99.6 cm³/mol. The number of nitrogens with two attached hydrogens (primary N) is 1. The second kappa shape index (κ2) is 6.44. The Morgan fingerprint density at radius 3 is 1.43 bits per heavy atom. The smallest absolute Gasteiger partial charge is 0.321 e. The highest BCUT2D eigenvalue weighted by Crippen LogP contribution is 2.33. The van der Waals surface area contributed by atoms with E-state index in [1.54, 1.807) is 0 Å². The van der Waals surface area contributed by atoms with Gasteiger partial charge in [-0.2, -0.15) is 12.6 Å². The summed E-state index contributed by atoms with van der Waals surface area (Å²) >= 11 is 3.65. The van der Waals surface area contributed by atoms with Crippen molar-refractivity contribution in [2.24, 2.45) is 5.73 Å². The van der Waals surface area contributed by atoms with Crippen LogP contribution < -0.4 is 5.73 Å². The van der Waals surface area contributed by atoms with Crippen LogP contribution in [0.25, 0.3) is 32.3 Å². The summed E-state index contributed by atoms with van der Waals surface area (Å²) in [6, 6.07) is 21.0. The maximum absolute atomic E-state index is 9.76. The van der Waals surface area contributed by atoms with Gasteiger partial charge in [-0.05, 0) is 32.3 Å². The molecule has 4 rings (SSSR count). The van der Waals surface area contributed by atoms with Gasteiger partial charge >= 0.3 is 5.97 Å². The first-order chi connectivity index (χ1) is 11.1. The fourth-order valence-electron chi connectivity index (χ4n) is 2.75. The van der Waals surface area contributed by atoms with Crippen molar-refractivity contribution >= 4 is 50.9 Å². The fourth-order valence-corrected chi connectivity index (χ4v) is 2.90. The molecule has 0 amide bonds. The SMILES string of the molecule is NC(CS)C(=O)O.c1cc2ccc3cccc4ccc(c1)c2c34. The Morgan fingerprint density at radius 1 is 0.870 bits per heavy atom. The van der Waals surface area contributed by atoms with Crippen molar-refractivity contribution in [3.05, 3.63) is 60.7 Å². The van der Waals surface area contributed by atoms with E-state index in [9.17, 15) is 4.79 Å². The maximum Gasteiger partial charge on any atom is 0.321 e. The van der Waals surface area contributed by atoms with Crippen molar-refractivity contribution in [1.82, 2.24) is 0 Å². The highest BCUT2D eigenvalue weighted by molar-refractivity contribution is 7.80. The Bertz CT molecular complexity index is 837. The van der Waals surface area contributed by atoms with Gasteiger partial charge in [0.2, 0.25) is 0 Å². The van der Waals surface area contributed by atoms with Gasteiger partial charge in [-0.3, -0.25) is 4.79 Å². The molecule has 116 valence electrons. The Balaban J connectivity index is 0.000000193. The number of aliphatic carboxylic acids is 1. The molecule has 4 heteroatoms. The number of benzene rings is 4. The van der Waals surface area contributed by atoms with Crippen LogP contribution in [-0.4, -0.2) is 22.9 Å². The van der Waals surface area contributed by atoms with Crippen LogP contribution in [0.5, 0.6) is 0 Å². The second-order valence-electron chi connectivity index (χ2n) is 5.42. The molecule has 1 unspecified atom stereocenters. The lowest BCUT2D eigenvalue weighted by Crippen LogP contribution is -2.31. The molecule has 0 aliphatic heterocycles. The minimum absolute atomic E-state index is 0.190. The lowest BCUT2D eigenvalue weighted by atomic mass is 9.95. The molecule has 0 saturated heterocycles. The molecule has 4 aromatic carbocycles. The molecule has 1 atom stereocenters. The normalized spacial score (nSPS) is 12.3. The quantitative estimate of drug-likeness (QED) is 0.387. The lowest BCUT2D eigenvalue weighted by Gasteiger charge is -2.09. The van der Waals surface area contributed by atoms with Gasteiger partial charge in [-0.25, -0.2) is 0 Å². The zero-order valence-corrected chi connectivity index (χ0v) is 13.3. The minimum atomic E-state index is -1.00. The number of hydrogen-bond donors (Lipinski definition) is 3. The van der Waals surface area contributed by atoms with E-state index in [0.717, 1.165) is 0 Å². The number of hydrogen-bond acceptors (Lipinski definition) is 3. The van der Waals surface area contributed by atoms with Crippen molar-refractivity contribution in [2.45, 2.75) is 6.04 Å². The summed E-state index contributed by atoms with van der Waals surface area (Å²) in [6.45, 7) is 0. The standard InChI is InChI=1S/C16H10.C3H7NO2S/c1-3-11-7-9-13-5-2-6-14-10-8-12(4-1)15(11)16(13)14;4-2(1-7)3(5)6/h1-10H;2,7H,1,4H2,(H,5,6). The van der Waals surface area contributed by atoms with Crippen molar-refractivity contribution in [1.29, 1.82) is 0 Å². The predicted octanol–water partition coefficient (Wildman–Crippen LogP) is 3.91. The molecule has 0 heterocycles. The number of carboxylic acid groups (broad SMARTS) is 1.